The largest absolute Gasteiger partial charge is 0.467 e. The van der Waals surface area contributed by atoms with E-state index in [1.807, 2.05) is 13.0 Å². The summed E-state index contributed by atoms with van der Waals surface area (Å²) in [7, 11) is 1.71. The van der Waals surface area contributed by atoms with E-state index in [9.17, 15) is 8.78 Å². The van der Waals surface area contributed by atoms with Gasteiger partial charge in [-0.2, -0.15) is 0 Å². The minimum absolute atomic E-state index is 0.384. The van der Waals surface area contributed by atoms with E-state index < -0.39 is 17.7 Å². The third-order valence-corrected chi connectivity index (χ3v) is 3.04. The average molecular weight is 251 g/mol. The van der Waals surface area contributed by atoms with Crippen LogP contribution in [0.4, 0.5) is 8.78 Å². The Bertz CT molecular complexity index is 563. The van der Waals surface area contributed by atoms with Gasteiger partial charge in [-0.15, -0.1) is 0 Å². The second-order valence-corrected chi connectivity index (χ2v) is 4.31. The lowest BCUT2D eigenvalue weighted by Gasteiger charge is -2.17. The molecule has 0 bridgehead atoms. The molecule has 2 rings (SSSR count). The Balaban J connectivity index is 2.52. The average Bonchev–Trinajstić information content (AvgIpc) is 2.73. The number of furan rings is 1. The van der Waals surface area contributed by atoms with Crippen molar-refractivity contribution in [2.24, 2.45) is 0 Å². The van der Waals surface area contributed by atoms with E-state index in [1.165, 1.54) is 6.07 Å². The van der Waals surface area contributed by atoms with Crippen LogP contribution in [0.25, 0.3) is 0 Å². The maximum Gasteiger partial charge on any atom is 0.131 e. The first-order chi connectivity index (χ1) is 8.54. The van der Waals surface area contributed by atoms with Gasteiger partial charge in [0.1, 0.15) is 17.4 Å². The van der Waals surface area contributed by atoms with Gasteiger partial charge < -0.3 is 9.73 Å². The third-order valence-electron chi connectivity index (χ3n) is 3.04. The molecular formula is C14H15F2NO. The minimum Gasteiger partial charge on any atom is -0.467 e. The van der Waals surface area contributed by atoms with E-state index in [0.29, 0.717) is 16.9 Å². The number of halogens is 2. The predicted octanol–water partition coefficient (Wildman–Crippen LogP) is 3.48. The molecule has 0 aliphatic rings. The summed E-state index contributed by atoms with van der Waals surface area (Å²) in [6.45, 7) is 3.50. The summed E-state index contributed by atoms with van der Waals surface area (Å²) in [6, 6.07) is 3.81. The molecule has 0 saturated carbocycles. The molecule has 1 aromatic carbocycles. The van der Waals surface area contributed by atoms with Gasteiger partial charge >= 0.3 is 0 Å². The van der Waals surface area contributed by atoms with Gasteiger partial charge in [0.25, 0.3) is 0 Å². The molecule has 1 atom stereocenters. The molecule has 0 aliphatic heterocycles. The number of hydrogen-bond donors (Lipinski definition) is 1. The molecule has 0 saturated heterocycles. The molecule has 1 unspecified atom stereocenters. The van der Waals surface area contributed by atoms with Gasteiger partial charge in [-0.3, -0.25) is 0 Å². The molecule has 1 N–H and O–H groups in total. The van der Waals surface area contributed by atoms with E-state index in [-0.39, 0.29) is 0 Å². The van der Waals surface area contributed by atoms with Crippen molar-refractivity contribution in [1.82, 2.24) is 5.32 Å². The van der Waals surface area contributed by atoms with Crippen LogP contribution in [0.1, 0.15) is 28.5 Å². The maximum absolute atomic E-state index is 13.9. The van der Waals surface area contributed by atoms with Crippen molar-refractivity contribution in [2.75, 3.05) is 7.05 Å². The number of hydrogen-bond acceptors (Lipinski definition) is 2. The molecule has 18 heavy (non-hydrogen) atoms. The summed E-state index contributed by atoms with van der Waals surface area (Å²) in [5.74, 6) is -0.474. The fraction of sp³-hybridized carbons (Fsp3) is 0.286. The van der Waals surface area contributed by atoms with E-state index in [4.69, 9.17) is 4.42 Å². The van der Waals surface area contributed by atoms with Crippen LogP contribution < -0.4 is 5.32 Å². The molecule has 1 heterocycles. The molecule has 4 heteroatoms. The highest BCUT2D eigenvalue weighted by Crippen LogP contribution is 2.28. The monoisotopic (exact) mass is 251 g/mol. The fourth-order valence-electron chi connectivity index (χ4n) is 2.01. The molecular weight excluding hydrogens is 236 g/mol. The predicted molar refractivity (Wildman–Crippen MR) is 65.4 cm³/mol. The number of rotatable bonds is 3. The molecule has 0 aliphatic carbocycles. The molecule has 1 aromatic heterocycles. The van der Waals surface area contributed by atoms with E-state index in [0.717, 1.165) is 11.6 Å². The van der Waals surface area contributed by atoms with E-state index in [1.54, 1.807) is 20.2 Å². The Hall–Kier alpha value is -1.68. The van der Waals surface area contributed by atoms with Crippen molar-refractivity contribution in [1.29, 1.82) is 0 Å². The van der Waals surface area contributed by atoms with Gasteiger partial charge in [0.15, 0.2) is 0 Å². The van der Waals surface area contributed by atoms with Gasteiger partial charge in [-0.05, 0) is 44.2 Å². The van der Waals surface area contributed by atoms with Crippen molar-refractivity contribution < 1.29 is 13.2 Å². The van der Waals surface area contributed by atoms with Crippen LogP contribution in [0.5, 0.6) is 0 Å². The first-order valence-corrected chi connectivity index (χ1v) is 5.71. The molecule has 96 valence electrons. The summed E-state index contributed by atoms with van der Waals surface area (Å²) in [5.41, 5.74) is 1.72. The smallest absolute Gasteiger partial charge is 0.131 e. The highest BCUT2D eigenvalue weighted by Gasteiger charge is 2.22. The van der Waals surface area contributed by atoms with Gasteiger partial charge in [-0.1, -0.05) is 0 Å². The van der Waals surface area contributed by atoms with Crippen LogP contribution in [0.2, 0.25) is 0 Å². The topological polar surface area (TPSA) is 25.2 Å². The fourth-order valence-corrected chi connectivity index (χ4v) is 2.01. The van der Waals surface area contributed by atoms with Crippen LogP contribution >= 0.6 is 0 Å². The van der Waals surface area contributed by atoms with Crippen LogP contribution in [-0.2, 0) is 0 Å². The number of aryl methyl sites for hydroxylation is 2. The first kappa shape index (κ1) is 12.8. The van der Waals surface area contributed by atoms with Crippen LogP contribution in [0, 0.1) is 25.5 Å². The Labute approximate surface area is 105 Å². The third kappa shape index (κ3) is 2.16. The molecule has 2 aromatic rings. The molecule has 0 fully saturated rings. The summed E-state index contributed by atoms with van der Waals surface area (Å²) in [6.07, 6.45) is 1.56. The van der Waals surface area contributed by atoms with Crippen LogP contribution in [-0.4, -0.2) is 7.05 Å². The van der Waals surface area contributed by atoms with Crippen molar-refractivity contribution in [3.05, 3.63) is 58.5 Å². The Kier molecular flexibility index (Phi) is 3.48. The lowest BCUT2D eigenvalue weighted by Crippen LogP contribution is -2.19. The number of benzene rings is 1. The summed E-state index contributed by atoms with van der Waals surface area (Å²) in [5, 5.41) is 2.99. The van der Waals surface area contributed by atoms with E-state index in [2.05, 4.69) is 5.32 Å². The standard InChI is InChI=1S/C14H15F2NO/c1-8-4-5-18-14(8)13(17-3)10-6-9(2)11(15)7-12(10)16/h4-7,13,17H,1-3H3. The van der Waals surface area contributed by atoms with Crippen molar-refractivity contribution in [3.8, 4) is 0 Å². The summed E-state index contributed by atoms with van der Waals surface area (Å²) < 4.78 is 32.5. The minimum atomic E-state index is -0.576. The zero-order chi connectivity index (χ0) is 13.3. The van der Waals surface area contributed by atoms with Gasteiger partial charge in [-0.25, -0.2) is 8.78 Å². The van der Waals surface area contributed by atoms with E-state index >= 15 is 0 Å². The Morgan fingerprint density at radius 2 is 1.83 bits per heavy atom. The number of nitrogens with one attached hydrogen (secondary N) is 1. The lowest BCUT2D eigenvalue weighted by molar-refractivity contribution is 0.448. The normalized spacial score (nSPS) is 12.7. The van der Waals surface area contributed by atoms with Crippen molar-refractivity contribution in [2.45, 2.75) is 19.9 Å². The second-order valence-electron chi connectivity index (χ2n) is 4.31. The zero-order valence-electron chi connectivity index (χ0n) is 10.6. The Morgan fingerprint density at radius 1 is 1.11 bits per heavy atom. The van der Waals surface area contributed by atoms with Crippen LogP contribution in [0.15, 0.2) is 28.9 Å². The molecule has 0 radical (unpaired) electrons. The Morgan fingerprint density at radius 3 is 2.39 bits per heavy atom. The van der Waals surface area contributed by atoms with Crippen molar-refractivity contribution >= 4 is 0 Å². The zero-order valence-corrected chi connectivity index (χ0v) is 10.6. The molecule has 0 spiro atoms. The second kappa shape index (κ2) is 4.90. The highest BCUT2D eigenvalue weighted by atomic mass is 19.1. The lowest BCUT2D eigenvalue weighted by atomic mass is 9.99. The first-order valence-electron chi connectivity index (χ1n) is 5.71. The SMILES string of the molecule is CNC(c1cc(C)c(F)cc1F)c1occc1C. The van der Waals surface area contributed by atoms with Gasteiger partial charge in [0.2, 0.25) is 0 Å². The quantitative estimate of drug-likeness (QED) is 0.903. The molecule has 0 amide bonds. The highest BCUT2D eigenvalue weighted by molar-refractivity contribution is 5.34. The molecule has 2 nitrogen and oxygen atoms in total. The summed E-state index contributed by atoms with van der Waals surface area (Å²) in [4.78, 5) is 0. The van der Waals surface area contributed by atoms with Crippen molar-refractivity contribution in [3.63, 3.8) is 0 Å². The summed E-state index contributed by atoms with van der Waals surface area (Å²) >= 11 is 0. The maximum atomic E-state index is 13.9. The van der Waals surface area contributed by atoms with Crippen LogP contribution in [0.3, 0.4) is 0 Å². The van der Waals surface area contributed by atoms with Gasteiger partial charge in [0.05, 0.1) is 12.3 Å². The van der Waals surface area contributed by atoms with Gasteiger partial charge in [0, 0.05) is 11.6 Å².